The van der Waals surface area contributed by atoms with Crippen molar-refractivity contribution in [2.24, 2.45) is 5.41 Å². The third-order valence-corrected chi connectivity index (χ3v) is 3.49. The minimum Gasteiger partial charge on any atom is -0.396 e. The average Bonchev–Trinajstić information content (AvgIpc) is 2.44. The van der Waals surface area contributed by atoms with Crippen molar-refractivity contribution in [3.8, 4) is 0 Å². The Morgan fingerprint density at radius 3 is 2.81 bits per heavy atom. The maximum Gasteiger partial charge on any atom is 0.295 e. The number of hydrogen-bond acceptors (Lipinski definition) is 5. The molecule has 1 aromatic carbocycles. The average molecular weight is 289 g/mol. The quantitative estimate of drug-likeness (QED) is 0.630. The van der Waals surface area contributed by atoms with Gasteiger partial charge in [0.05, 0.1) is 4.92 Å². The molecule has 0 bridgehead atoms. The second-order valence-corrected chi connectivity index (χ2v) is 5.78. The van der Waals surface area contributed by atoms with E-state index in [9.17, 15) is 10.1 Å². The molecule has 0 radical (unpaired) electrons. The summed E-state index contributed by atoms with van der Waals surface area (Å²) in [5, 5.41) is 24.1. The fourth-order valence-electron chi connectivity index (χ4n) is 2.19. The number of pyridine rings is 1. The van der Waals surface area contributed by atoms with Gasteiger partial charge in [-0.3, -0.25) is 10.1 Å². The van der Waals surface area contributed by atoms with Gasteiger partial charge in [-0.15, -0.1) is 0 Å². The van der Waals surface area contributed by atoms with Crippen molar-refractivity contribution in [1.29, 1.82) is 0 Å². The van der Waals surface area contributed by atoms with Crippen LogP contribution in [0.25, 0.3) is 10.9 Å². The Kier molecular flexibility index (Phi) is 4.37. The number of non-ortho nitro benzene ring substituents is 1. The van der Waals surface area contributed by atoms with E-state index in [1.54, 1.807) is 18.3 Å². The molecule has 0 saturated heterocycles. The lowest BCUT2D eigenvalue weighted by atomic mass is 9.89. The second-order valence-electron chi connectivity index (χ2n) is 5.78. The predicted molar refractivity (Wildman–Crippen MR) is 82.4 cm³/mol. The van der Waals surface area contributed by atoms with Crippen LogP contribution in [-0.2, 0) is 0 Å². The van der Waals surface area contributed by atoms with Gasteiger partial charge < -0.3 is 10.4 Å². The van der Waals surface area contributed by atoms with Crippen LogP contribution in [0.2, 0.25) is 0 Å². The van der Waals surface area contributed by atoms with Crippen LogP contribution in [0.5, 0.6) is 0 Å². The highest BCUT2D eigenvalue weighted by Gasteiger charge is 2.18. The number of rotatable bonds is 6. The smallest absolute Gasteiger partial charge is 0.295 e. The van der Waals surface area contributed by atoms with Gasteiger partial charge in [0.1, 0.15) is 5.52 Å². The molecule has 1 aromatic heterocycles. The van der Waals surface area contributed by atoms with Crippen molar-refractivity contribution < 1.29 is 10.0 Å². The number of para-hydroxylation sites is 1. The van der Waals surface area contributed by atoms with Crippen LogP contribution in [0.15, 0.2) is 30.5 Å². The Morgan fingerprint density at radius 1 is 1.38 bits per heavy atom. The third-order valence-electron chi connectivity index (χ3n) is 3.49. The SMILES string of the molecule is CC(C)(CCO)CNc1ccnc2c([N+](=O)[O-])cccc12. The number of aromatic nitrogens is 1. The first kappa shape index (κ1) is 15.2. The standard InChI is InChI=1S/C15H19N3O3/c1-15(2,7-9-19)10-17-12-6-8-16-14-11(12)4-3-5-13(14)18(20)21/h3-6,8,19H,7,9-10H2,1-2H3,(H,16,17). The zero-order valence-electron chi connectivity index (χ0n) is 12.2. The van der Waals surface area contributed by atoms with E-state index in [0.29, 0.717) is 18.5 Å². The Bertz CT molecular complexity index is 656. The Balaban J connectivity index is 2.33. The van der Waals surface area contributed by atoms with E-state index >= 15 is 0 Å². The molecule has 1 heterocycles. The summed E-state index contributed by atoms with van der Waals surface area (Å²) in [7, 11) is 0. The molecule has 6 nitrogen and oxygen atoms in total. The van der Waals surface area contributed by atoms with E-state index in [-0.39, 0.29) is 17.7 Å². The highest BCUT2D eigenvalue weighted by molar-refractivity contribution is 5.96. The van der Waals surface area contributed by atoms with E-state index in [1.165, 1.54) is 6.07 Å². The number of benzene rings is 1. The second kappa shape index (κ2) is 6.05. The molecular weight excluding hydrogens is 270 g/mol. The molecule has 0 fully saturated rings. The fraction of sp³-hybridized carbons (Fsp3) is 0.400. The minimum atomic E-state index is -0.422. The number of anilines is 1. The van der Waals surface area contributed by atoms with E-state index in [1.807, 2.05) is 6.07 Å². The fourth-order valence-corrected chi connectivity index (χ4v) is 2.19. The summed E-state index contributed by atoms with van der Waals surface area (Å²) < 4.78 is 0. The number of hydrogen-bond donors (Lipinski definition) is 2. The van der Waals surface area contributed by atoms with Crippen molar-refractivity contribution in [3.05, 3.63) is 40.6 Å². The summed E-state index contributed by atoms with van der Waals surface area (Å²) in [6.07, 6.45) is 2.25. The Morgan fingerprint density at radius 2 is 2.14 bits per heavy atom. The number of nitrogens with zero attached hydrogens (tertiary/aromatic N) is 2. The van der Waals surface area contributed by atoms with E-state index < -0.39 is 4.92 Å². The van der Waals surface area contributed by atoms with Crippen molar-refractivity contribution in [2.75, 3.05) is 18.5 Å². The highest BCUT2D eigenvalue weighted by atomic mass is 16.6. The summed E-state index contributed by atoms with van der Waals surface area (Å²) in [6, 6.07) is 6.73. The van der Waals surface area contributed by atoms with Gasteiger partial charge in [-0.1, -0.05) is 26.0 Å². The molecular formula is C15H19N3O3. The molecule has 0 saturated carbocycles. The van der Waals surface area contributed by atoms with Crippen LogP contribution >= 0.6 is 0 Å². The number of nitro benzene ring substituents is 1. The van der Waals surface area contributed by atoms with E-state index in [2.05, 4.69) is 24.1 Å². The Labute approximate surface area is 123 Å². The van der Waals surface area contributed by atoms with Gasteiger partial charge in [0.15, 0.2) is 0 Å². The summed E-state index contributed by atoms with van der Waals surface area (Å²) in [4.78, 5) is 14.7. The van der Waals surface area contributed by atoms with Gasteiger partial charge in [-0.25, -0.2) is 4.98 Å². The largest absolute Gasteiger partial charge is 0.396 e. The van der Waals surface area contributed by atoms with Crippen molar-refractivity contribution in [2.45, 2.75) is 20.3 Å². The maximum absolute atomic E-state index is 11.0. The molecule has 0 aliphatic carbocycles. The molecule has 0 aliphatic heterocycles. The molecule has 0 spiro atoms. The monoisotopic (exact) mass is 289 g/mol. The predicted octanol–water partition coefficient (Wildman–Crippen LogP) is 2.96. The lowest BCUT2D eigenvalue weighted by molar-refractivity contribution is -0.383. The number of aliphatic hydroxyl groups is 1. The van der Waals surface area contributed by atoms with Gasteiger partial charge in [0, 0.05) is 36.5 Å². The number of aliphatic hydroxyl groups excluding tert-OH is 1. The molecule has 0 amide bonds. The molecule has 2 aromatic rings. The molecule has 0 unspecified atom stereocenters. The number of nitro groups is 1. The molecule has 112 valence electrons. The van der Waals surface area contributed by atoms with Gasteiger partial charge >= 0.3 is 0 Å². The third kappa shape index (κ3) is 3.46. The zero-order valence-corrected chi connectivity index (χ0v) is 12.2. The lowest BCUT2D eigenvalue weighted by Crippen LogP contribution is -2.24. The molecule has 0 aliphatic rings. The molecule has 2 rings (SSSR count). The van der Waals surface area contributed by atoms with Crippen molar-refractivity contribution in [1.82, 2.24) is 4.98 Å². The minimum absolute atomic E-state index is 0.00534. The maximum atomic E-state index is 11.0. The summed E-state index contributed by atoms with van der Waals surface area (Å²) in [5.41, 5.74) is 1.14. The van der Waals surface area contributed by atoms with Gasteiger partial charge in [-0.05, 0) is 17.9 Å². The van der Waals surface area contributed by atoms with Crippen LogP contribution in [0.4, 0.5) is 11.4 Å². The number of nitrogens with one attached hydrogen (secondary N) is 1. The first-order chi connectivity index (χ1) is 9.94. The summed E-state index contributed by atoms with van der Waals surface area (Å²) in [5.74, 6) is 0. The Hall–Kier alpha value is -2.21. The summed E-state index contributed by atoms with van der Waals surface area (Å²) in [6.45, 7) is 4.91. The highest BCUT2D eigenvalue weighted by Crippen LogP contribution is 2.29. The van der Waals surface area contributed by atoms with Crippen molar-refractivity contribution in [3.63, 3.8) is 0 Å². The van der Waals surface area contributed by atoms with Crippen LogP contribution in [-0.4, -0.2) is 28.2 Å². The molecule has 2 N–H and O–H groups in total. The zero-order chi connectivity index (χ0) is 15.5. The van der Waals surface area contributed by atoms with Crippen LogP contribution in [0.1, 0.15) is 20.3 Å². The first-order valence-electron chi connectivity index (χ1n) is 6.81. The lowest BCUT2D eigenvalue weighted by Gasteiger charge is -2.24. The first-order valence-corrected chi connectivity index (χ1v) is 6.81. The topological polar surface area (TPSA) is 88.3 Å². The van der Waals surface area contributed by atoms with Crippen molar-refractivity contribution >= 4 is 22.3 Å². The molecule has 21 heavy (non-hydrogen) atoms. The van der Waals surface area contributed by atoms with Gasteiger partial charge in [0.25, 0.3) is 5.69 Å². The number of fused-ring (bicyclic) bond motifs is 1. The van der Waals surface area contributed by atoms with Gasteiger partial charge in [0.2, 0.25) is 0 Å². The summed E-state index contributed by atoms with van der Waals surface area (Å²) >= 11 is 0. The van der Waals surface area contributed by atoms with Crippen LogP contribution < -0.4 is 5.32 Å². The molecule has 6 heteroatoms. The van der Waals surface area contributed by atoms with E-state index in [4.69, 9.17) is 5.11 Å². The van der Waals surface area contributed by atoms with Crippen LogP contribution in [0.3, 0.4) is 0 Å². The molecule has 0 atom stereocenters. The van der Waals surface area contributed by atoms with E-state index in [0.717, 1.165) is 11.1 Å². The van der Waals surface area contributed by atoms with Gasteiger partial charge in [-0.2, -0.15) is 0 Å². The van der Waals surface area contributed by atoms with Crippen LogP contribution in [0, 0.1) is 15.5 Å². The normalized spacial score (nSPS) is 11.6.